The van der Waals surface area contributed by atoms with Gasteiger partial charge in [-0.3, -0.25) is 5.01 Å². The molecule has 0 unspecified atom stereocenters. The summed E-state index contributed by atoms with van der Waals surface area (Å²) in [4.78, 5) is 10.5. The van der Waals surface area contributed by atoms with Gasteiger partial charge in [-0.05, 0) is 19.1 Å². The molecule has 0 aromatic heterocycles. The molecule has 1 aliphatic rings. The van der Waals surface area contributed by atoms with Crippen molar-refractivity contribution in [3.63, 3.8) is 0 Å². The molecular formula is C5H10N2O. The van der Waals surface area contributed by atoms with Crippen molar-refractivity contribution in [2.45, 2.75) is 19.1 Å². The van der Waals surface area contributed by atoms with Crippen LogP contribution < -0.4 is 0 Å². The van der Waals surface area contributed by atoms with Gasteiger partial charge in [0, 0.05) is 21.2 Å². The van der Waals surface area contributed by atoms with Crippen molar-refractivity contribution >= 4 is 0 Å². The molecule has 1 saturated heterocycles. The molecule has 0 bridgehead atoms. The van der Waals surface area contributed by atoms with Gasteiger partial charge in [0.15, 0.2) is 0 Å². The summed E-state index contributed by atoms with van der Waals surface area (Å²) in [5.74, 6) is 0. The Kier molecular flexibility index (Phi) is 0.331. The first-order valence-corrected chi connectivity index (χ1v) is 1.83. The lowest BCUT2D eigenvalue weighted by Gasteiger charge is -2.19. The van der Waals surface area contributed by atoms with Crippen LogP contribution >= 0.6 is 0 Å². The van der Waals surface area contributed by atoms with E-state index in [1.165, 1.54) is 0 Å². The Hall–Kier alpha value is -0.600. The van der Waals surface area contributed by atoms with Crippen LogP contribution in [0.3, 0.4) is 0 Å². The Bertz CT molecular complexity index is 348. The van der Waals surface area contributed by atoms with E-state index in [4.69, 9.17) is 13.7 Å². The van der Waals surface area contributed by atoms with Gasteiger partial charge in [-0.1, -0.05) is 0 Å². The molecule has 0 N–H and O–H groups in total. The maximum atomic E-state index is 10.5. The molecule has 1 aliphatic heterocycles. The maximum Gasteiger partial charge on any atom is 0.0523 e. The van der Waals surface area contributed by atoms with Crippen LogP contribution in [-0.2, 0) is 0 Å². The highest BCUT2D eigenvalue weighted by Gasteiger charge is 2.06. The van der Waals surface area contributed by atoms with Crippen molar-refractivity contribution in [3.05, 3.63) is 4.91 Å². The molecule has 0 aliphatic carbocycles. The highest BCUT2D eigenvalue weighted by atomic mass is 16.3. The topological polar surface area (TPSA) is 32.7 Å². The average Bonchev–Trinajstić information content (AvgIpc) is 2.15. The molecule has 8 heavy (non-hydrogen) atoms. The van der Waals surface area contributed by atoms with E-state index in [1.54, 1.807) is 0 Å². The van der Waals surface area contributed by atoms with Gasteiger partial charge in [0.05, 0.1) is 10.8 Å². The van der Waals surface area contributed by atoms with Crippen LogP contribution in [0.4, 0.5) is 0 Å². The Balaban J connectivity index is 3.64. The van der Waals surface area contributed by atoms with E-state index >= 15 is 0 Å². The second-order valence-corrected chi connectivity index (χ2v) is 0.992. The lowest BCUT2D eigenvalue weighted by molar-refractivity contribution is 0.236. The lowest BCUT2D eigenvalue weighted by atomic mass is 10.2. The van der Waals surface area contributed by atoms with Gasteiger partial charge in [-0.2, -0.15) is 0 Å². The van der Waals surface area contributed by atoms with E-state index < -0.39 is 37.1 Å². The molecule has 0 saturated carbocycles. The van der Waals surface area contributed by atoms with Crippen LogP contribution in [0.1, 0.15) is 32.8 Å². The monoisotopic (exact) mass is 124 g/mol. The van der Waals surface area contributed by atoms with Crippen LogP contribution in [-0.4, -0.2) is 18.0 Å². The van der Waals surface area contributed by atoms with Crippen molar-refractivity contribution in [1.82, 2.24) is 5.01 Å². The number of piperidine rings is 1. The van der Waals surface area contributed by atoms with E-state index in [9.17, 15) is 4.91 Å². The molecule has 3 nitrogen and oxygen atoms in total. The summed E-state index contributed by atoms with van der Waals surface area (Å²) in [6.07, 6.45) is -10.5. The summed E-state index contributed by atoms with van der Waals surface area (Å²) in [6.45, 7) is -6.87. The van der Waals surface area contributed by atoms with E-state index in [-0.39, 0.29) is 0 Å². The molecule has 1 fully saturated rings. The van der Waals surface area contributed by atoms with Crippen LogP contribution in [0, 0.1) is 4.91 Å². The summed E-state index contributed by atoms with van der Waals surface area (Å²) in [5.41, 5.74) is 0. The van der Waals surface area contributed by atoms with Crippen molar-refractivity contribution < 1.29 is 13.7 Å². The molecule has 1 rings (SSSR count). The van der Waals surface area contributed by atoms with Crippen LogP contribution in [0.25, 0.3) is 0 Å². The summed E-state index contributed by atoms with van der Waals surface area (Å²) < 4.78 is 73.6. The Labute approximate surface area is 62.7 Å². The minimum absolute atomic E-state index is 0.540. The Morgan fingerprint density at radius 2 is 2.00 bits per heavy atom. The maximum absolute atomic E-state index is 10.5. The second kappa shape index (κ2) is 2.64. The molecule has 0 radical (unpaired) electrons. The minimum Gasteiger partial charge on any atom is -0.261 e. The van der Waals surface area contributed by atoms with Gasteiger partial charge in [-0.15, -0.1) is 4.91 Å². The van der Waals surface area contributed by atoms with E-state index in [2.05, 4.69) is 0 Å². The van der Waals surface area contributed by atoms with E-state index in [0.29, 0.717) is 0 Å². The fourth-order valence-corrected chi connectivity index (χ4v) is 0.262. The fraction of sp³-hybridized carbons (Fsp3) is 1.00. The highest BCUT2D eigenvalue weighted by Crippen LogP contribution is 2.07. The standard InChI is InChI=1S/C5H10N2O/c8-6-7-4-2-1-3-5-7/h1-5H2/i1D2,2D2,3D2,4D2,5D2. The molecule has 0 aromatic rings. The van der Waals surface area contributed by atoms with Crippen LogP contribution in [0.5, 0.6) is 0 Å². The number of nitrogens with zero attached hydrogens (tertiary/aromatic N) is 2. The third-order valence-corrected chi connectivity index (χ3v) is 0.530. The molecule has 0 amide bonds. The van der Waals surface area contributed by atoms with Gasteiger partial charge in [-0.25, -0.2) is 0 Å². The zero-order valence-corrected chi connectivity index (χ0v) is 3.80. The van der Waals surface area contributed by atoms with Crippen LogP contribution in [0.15, 0.2) is 5.29 Å². The van der Waals surface area contributed by atoms with E-state index in [1.807, 2.05) is 5.29 Å². The van der Waals surface area contributed by atoms with Gasteiger partial charge in [0.2, 0.25) is 0 Å². The molecule has 0 spiro atoms. The first kappa shape index (κ1) is 1.00. The smallest absolute Gasteiger partial charge is 0.0523 e. The Morgan fingerprint density at radius 3 is 2.50 bits per heavy atom. The summed E-state index contributed by atoms with van der Waals surface area (Å²) in [6, 6.07) is 0. The van der Waals surface area contributed by atoms with Crippen molar-refractivity contribution in [2.75, 3.05) is 13.0 Å². The van der Waals surface area contributed by atoms with Gasteiger partial charge >= 0.3 is 0 Å². The zero-order chi connectivity index (χ0) is 14.8. The predicted molar refractivity (Wildman–Crippen MR) is 31.2 cm³/mol. The highest BCUT2D eigenvalue weighted by molar-refractivity contribution is 4.58. The largest absolute Gasteiger partial charge is 0.261 e. The third kappa shape index (κ3) is 1.18. The summed E-state index contributed by atoms with van der Waals surface area (Å²) >= 11 is 0. The van der Waals surface area contributed by atoms with Crippen molar-refractivity contribution in [3.8, 4) is 0 Å². The van der Waals surface area contributed by atoms with Crippen molar-refractivity contribution in [2.24, 2.45) is 5.29 Å². The minimum atomic E-state index is -3.51. The molecule has 0 atom stereocenters. The number of hydrogen-bond acceptors (Lipinski definition) is 2. The van der Waals surface area contributed by atoms with E-state index in [0.717, 1.165) is 0 Å². The summed E-state index contributed by atoms with van der Waals surface area (Å²) in [5, 5.41) is 1.46. The molecule has 1 heterocycles. The van der Waals surface area contributed by atoms with Gasteiger partial charge < -0.3 is 0 Å². The Morgan fingerprint density at radius 1 is 1.38 bits per heavy atom. The third-order valence-electron chi connectivity index (χ3n) is 0.530. The van der Waals surface area contributed by atoms with Gasteiger partial charge in [0.25, 0.3) is 0 Å². The molecule has 3 heteroatoms. The lowest BCUT2D eigenvalue weighted by Crippen LogP contribution is -2.23. The zero-order valence-electron chi connectivity index (χ0n) is 13.8. The first-order valence-electron chi connectivity index (χ1n) is 6.83. The first-order chi connectivity index (χ1) is 7.69. The fourth-order valence-electron chi connectivity index (χ4n) is 0.262. The predicted octanol–water partition coefficient (Wildman–Crippen LogP) is 1.15. The second-order valence-electron chi connectivity index (χ2n) is 0.992. The number of rotatable bonds is 1. The van der Waals surface area contributed by atoms with Crippen molar-refractivity contribution in [1.29, 1.82) is 0 Å². The van der Waals surface area contributed by atoms with Gasteiger partial charge in [0.1, 0.15) is 0 Å². The number of nitroso groups, excluding NO2 is 1. The quantitative estimate of drug-likeness (QED) is 0.491. The summed E-state index contributed by atoms with van der Waals surface area (Å²) in [7, 11) is 0. The molecular weight excluding hydrogens is 104 g/mol. The SMILES string of the molecule is [2H]C1([2H])N(N=O)C([2H])([2H])C([2H])([2H])C([2H])([2H])C1([2H])[2H]. The average molecular weight is 124 g/mol. The molecule has 0 aromatic carbocycles. The number of hydrogen-bond donors (Lipinski definition) is 0. The molecule has 46 valence electrons. The normalized spacial score (nSPS) is 70.8. The van der Waals surface area contributed by atoms with Crippen LogP contribution in [0.2, 0.25) is 0 Å².